The first-order chi connectivity index (χ1) is 11.4. The third-order valence-electron chi connectivity index (χ3n) is 3.33. The van der Waals surface area contributed by atoms with Crippen LogP contribution < -0.4 is 9.50 Å². The Bertz CT molecular complexity index is 997. The summed E-state index contributed by atoms with van der Waals surface area (Å²) < 4.78 is 34.1. The van der Waals surface area contributed by atoms with Crippen LogP contribution in [0.3, 0.4) is 0 Å². The molecule has 7 heteroatoms. The number of fused-ring (bicyclic) bond motifs is 1. The first kappa shape index (κ1) is 16.0. The van der Waals surface area contributed by atoms with E-state index in [-0.39, 0.29) is 11.7 Å². The monoisotopic (exact) mass is 343 g/mol. The molecule has 0 spiro atoms. The molecule has 0 aliphatic carbocycles. The van der Waals surface area contributed by atoms with Crippen LogP contribution in [0.5, 0.6) is 5.75 Å². The largest absolute Gasteiger partial charge is 0.446 e. The molecule has 2 N–H and O–H groups in total. The first-order valence-electron chi connectivity index (χ1n) is 6.98. The maximum atomic E-state index is 12.3. The van der Waals surface area contributed by atoms with Crippen LogP contribution in [0.1, 0.15) is 10.4 Å². The highest BCUT2D eigenvalue weighted by Gasteiger charge is 2.09. The maximum Gasteiger partial charge on any atom is 0.446 e. The Morgan fingerprint density at radius 3 is 2.25 bits per heavy atom. The van der Waals surface area contributed by atoms with Gasteiger partial charge in [0, 0.05) is 11.3 Å². The van der Waals surface area contributed by atoms with Crippen molar-refractivity contribution < 1.29 is 21.9 Å². The van der Waals surface area contributed by atoms with Crippen molar-refractivity contribution in [2.24, 2.45) is 0 Å². The molecule has 0 aromatic heterocycles. The van der Waals surface area contributed by atoms with Crippen LogP contribution in [0.25, 0.3) is 10.8 Å². The number of hydrogen-bond acceptors (Lipinski definition) is 4. The number of rotatable bonds is 4. The zero-order valence-corrected chi connectivity index (χ0v) is 13.2. The fourth-order valence-electron chi connectivity index (χ4n) is 2.25. The van der Waals surface area contributed by atoms with Gasteiger partial charge in [0.2, 0.25) is 0 Å². The Morgan fingerprint density at radius 1 is 0.917 bits per heavy atom. The van der Waals surface area contributed by atoms with Crippen molar-refractivity contribution in [2.45, 2.75) is 0 Å². The lowest BCUT2D eigenvalue weighted by Crippen LogP contribution is -2.12. The van der Waals surface area contributed by atoms with Crippen molar-refractivity contribution in [1.29, 1.82) is 0 Å². The molecule has 3 aromatic rings. The highest BCUT2D eigenvalue weighted by molar-refractivity contribution is 7.81. The number of hydrogen-bond donors (Lipinski definition) is 2. The van der Waals surface area contributed by atoms with E-state index in [1.807, 2.05) is 30.3 Å². The number of carbonyl (C=O) groups is 1. The van der Waals surface area contributed by atoms with Gasteiger partial charge < -0.3 is 9.50 Å². The smallest absolute Gasteiger partial charge is 0.362 e. The van der Waals surface area contributed by atoms with E-state index < -0.39 is 10.4 Å². The number of amides is 1. The van der Waals surface area contributed by atoms with E-state index >= 15 is 0 Å². The van der Waals surface area contributed by atoms with Gasteiger partial charge in [0.25, 0.3) is 5.91 Å². The van der Waals surface area contributed by atoms with Crippen LogP contribution in [0.4, 0.5) is 5.69 Å². The lowest BCUT2D eigenvalue weighted by Gasteiger charge is -2.07. The first-order valence-corrected chi connectivity index (χ1v) is 8.34. The molecule has 3 rings (SSSR count). The predicted molar refractivity (Wildman–Crippen MR) is 90.5 cm³/mol. The number of benzene rings is 3. The Hall–Kier alpha value is -2.90. The van der Waals surface area contributed by atoms with Crippen molar-refractivity contribution >= 4 is 32.8 Å². The maximum absolute atomic E-state index is 12.3. The van der Waals surface area contributed by atoms with Gasteiger partial charge in [-0.3, -0.25) is 9.35 Å². The van der Waals surface area contributed by atoms with Crippen LogP contribution in [0.2, 0.25) is 0 Å². The summed E-state index contributed by atoms with van der Waals surface area (Å²) in [4.78, 5) is 12.3. The van der Waals surface area contributed by atoms with Crippen molar-refractivity contribution in [3.63, 3.8) is 0 Å². The summed E-state index contributed by atoms with van der Waals surface area (Å²) in [6.07, 6.45) is 0. The van der Waals surface area contributed by atoms with Gasteiger partial charge in [0.1, 0.15) is 5.75 Å². The summed E-state index contributed by atoms with van der Waals surface area (Å²) in [6, 6.07) is 18.7. The highest BCUT2D eigenvalue weighted by atomic mass is 32.3. The zero-order chi connectivity index (χ0) is 17.2. The lowest BCUT2D eigenvalue weighted by atomic mass is 10.1. The fraction of sp³-hybridized carbons (Fsp3) is 0. The Balaban J connectivity index is 1.76. The summed E-state index contributed by atoms with van der Waals surface area (Å²) in [5.74, 6) is -0.342. The van der Waals surface area contributed by atoms with Crippen molar-refractivity contribution in [3.8, 4) is 5.75 Å². The average molecular weight is 343 g/mol. The summed E-state index contributed by atoms with van der Waals surface area (Å²) in [6.45, 7) is 0. The highest BCUT2D eigenvalue weighted by Crippen LogP contribution is 2.19. The van der Waals surface area contributed by atoms with Crippen LogP contribution in [-0.4, -0.2) is 18.9 Å². The Kier molecular flexibility index (Phi) is 4.20. The number of carbonyl (C=O) groups excluding carboxylic acids is 1. The average Bonchev–Trinajstić information content (AvgIpc) is 2.55. The van der Waals surface area contributed by atoms with Gasteiger partial charge in [0.05, 0.1) is 0 Å². The minimum absolute atomic E-state index is 0.0544. The Morgan fingerprint density at radius 2 is 1.58 bits per heavy atom. The molecule has 122 valence electrons. The molecule has 6 nitrogen and oxygen atoms in total. The molecule has 0 atom stereocenters. The fourth-order valence-corrected chi connectivity index (χ4v) is 2.60. The molecular weight excluding hydrogens is 330 g/mol. The lowest BCUT2D eigenvalue weighted by molar-refractivity contribution is 0.102. The van der Waals surface area contributed by atoms with Crippen LogP contribution in [-0.2, 0) is 10.4 Å². The van der Waals surface area contributed by atoms with Gasteiger partial charge in [-0.15, -0.1) is 0 Å². The molecule has 0 fully saturated rings. The molecule has 0 saturated heterocycles. The van der Waals surface area contributed by atoms with Gasteiger partial charge in [0.15, 0.2) is 0 Å². The second-order valence-corrected chi connectivity index (χ2v) is 6.07. The minimum atomic E-state index is -4.56. The second kappa shape index (κ2) is 6.31. The van der Waals surface area contributed by atoms with E-state index in [0.29, 0.717) is 11.3 Å². The van der Waals surface area contributed by atoms with Crippen molar-refractivity contribution in [2.75, 3.05) is 5.32 Å². The molecular formula is C17H13NO5S. The molecule has 0 saturated carbocycles. The summed E-state index contributed by atoms with van der Waals surface area (Å²) >= 11 is 0. The Labute approximate surface area is 138 Å². The topological polar surface area (TPSA) is 92.7 Å². The normalized spacial score (nSPS) is 11.2. The number of anilines is 1. The van der Waals surface area contributed by atoms with Gasteiger partial charge in [-0.25, -0.2) is 0 Å². The van der Waals surface area contributed by atoms with E-state index in [1.165, 1.54) is 24.3 Å². The van der Waals surface area contributed by atoms with Crippen LogP contribution in [0, 0.1) is 0 Å². The second-order valence-electron chi connectivity index (χ2n) is 5.05. The molecule has 0 radical (unpaired) electrons. The zero-order valence-electron chi connectivity index (χ0n) is 12.3. The molecule has 0 aliphatic heterocycles. The number of nitrogens with one attached hydrogen (secondary N) is 1. The summed E-state index contributed by atoms with van der Waals surface area (Å²) in [5, 5.41) is 4.71. The van der Waals surface area contributed by atoms with Crippen LogP contribution >= 0.6 is 0 Å². The van der Waals surface area contributed by atoms with E-state index in [2.05, 4.69) is 9.50 Å². The van der Waals surface area contributed by atoms with E-state index in [4.69, 9.17) is 4.55 Å². The third kappa shape index (κ3) is 3.89. The van der Waals surface area contributed by atoms with E-state index in [9.17, 15) is 13.2 Å². The minimum Gasteiger partial charge on any atom is -0.362 e. The van der Waals surface area contributed by atoms with E-state index in [0.717, 1.165) is 10.8 Å². The SMILES string of the molecule is O=C(Nc1ccc(OS(=O)(=O)O)cc1)c1ccc2ccccc2c1. The van der Waals surface area contributed by atoms with Gasteiger partial charge >= 0.3 is 10.4 Å². The molecule has 1 amide bonds. The summed E-state index contributed by atoms with van der Waals surface area (Å²) in [7, 11) is -4.56. The third-order valence-corrected chi connectivity index (χ3v) is 3.73. The molecule has 0 bridgehead atoms. The van der Waals surface area contributed by atoms with Crippen LogP contribution in [0.15, 0.2) is 66.7 Å². The van der Waals surface area contributed by atoms with Crippen molar-refractivity contribution in [1.82, 2.24) is 0 Å². The molecule has 3 aromatic carbocycles. The van der Waals surface area contributed by atoms with E-state index in [1.54, 1.807) is 12.1 Å². The molecule has 24 heavy (non-hydrogen) atoms. The molecule has 0 aliphatic rings. The molecule has 0 heterocycles. The van der Waals surface area contributed by atoms with Gasteiger partial charge in [-0.2, -0.15) is 8.42 Å². The quantitative estimate of drug-likeness (QED) is 0.709. The summed E-state index contributed by atoms with van der Waals surface area (Å²) in [5.41, 5.74) is 0.975. The standard InChI is InChI=1S/C17H13NO5S/c19-17(14-6-5-12-3-1-2-4-13(12)11-14)18-15-7-9-16(10-8-15)23-24(20,21)22/h1-11H,(H,18,19)(H,20,21,22). The predicted octanol–water partition coefficient (Wildman–Crippen LogP) is 3.27. The van der Waals surface area contributed by atoms with Gasteiger partial charge in [-0.1, -0.05) is 30.3 Å². The van der Waals surface area contributed by atoms with Gasteiger partial charge in [-0.05, 0) is 47.2 Å². The van der Waals surface area contributed by atoms with Crippen molar-refractivity contribution in [3.05, 3.63) is 72.3 Å². The molecule has 0 unspecified atom stereocenters.